The highest BCUT2D eigenvalue weighted by atomic mass is 35.5. The number of ether oxygens (including phenoxy) is 1. The molecule has 0 saturated carbocycles. The fraction of sp³-hybridized carbons (Fsp3) is 0.0714. The molecule has 0 spiro atoms. The van der Waals surface area contributed by atoms with E-state index >= 15 is 0 Å². The van der Waals surface area contributed by atoms with Crippen LogP contribution in [0.5, 0.6) is 11.5 Å². The van der Waals surface area contributed by atoms with Gasteiger partial charge in [0.1, 0.15) is 21.5 Å². The molecule has 19 heavy (non-hydrogen) atoms. The summed E-state index contributed by atoms with van der Waals surface area (Å²) < 4.78 is 5.75. The standard InChI is InChI=1S/C14H11Cl2NOS/c1-8-5-6-11(9(7-8)14(17)19)18-12-4-2-3-10(15)13(12)16/h2-7H,1H3,(H2,17,19). The predicted octanol–water partition coefficient (Wildman–Crippen LogP) is 4.73. The first-order valence-corrected chi connectivity index (χ1v) is 6.68. The third kappa shape index (κ3) is 3.18. The molecule has 0 fully saturated rings. The van der Waals surface area contributed by atoms with E-state index in [4.69, 9.17) is 45.9 Å². The Morgan fingerprint density at radius 2 is 1.89 bits per heavy atom. The maximum absolute atomic E-state index is 6.09. The second kappa shape index (κ2) is 5.78. The van der Waals surface area contributed by atoms with Gasteiger partial charge in [0, 0.05) is 0 Å². The van der Waals surface area contributed by atoms with E-state index in [0.717, 1.165) is 5.56 Å². The van der Waals surface area contributed by atoms with Crippen LogP contribution in [-0.2, 0) is 0 Å². The van der Waals surface area contributed by atoms with E-state index < -0.39 is 0 Å². The average Bonchev–Trinajstić information content (AvgIpc) is 2.36. The maximum atomic E-state index is 6.09. The minimum atomic E-state index is 0.275. The second-order valence-corrected chi connectivity index (χ2v) is 5.24. The number of hydrogen-bond acceptors (Lipinski definition) is 2. The fourth-order valence-corrected chi connectivity index (χ4v) is 2.10. The summed E-state index contributed by atoms with van der Waals surface area (Å²) in [5, 5.41) is 0.793. The molecular weight excluding hydrogens is 301 g/mol. The van der Waals surface area contributed by atoms with Gasteiger partial charge in [-0.1, -0.05) is 53.1 Å². The smallest absolute Gasteiger partial charge is 0.147 e. The molecule has 0 bridgehead atoms. The molecule has 2 N–H and O–H groups in total. The third-order valence-corrected chi connectivity index (χ3v) is 3.56. The maximum Gasteiger partial charge on any atom is 0.147 e. The largest absolute Gasteiger partial charge is 0.455 e. The van der Waals surface area contributed by atoms with E-state index in [1.165, 1.54) is 0 Å². The molecule has 0 aromatic heterocycles. The van der Waals surface area contributed by atoms with Crippen molar-refractivity contribution < 1.29 is 4.74 Å². The van der Waals surface area contributed by atoms with Gasteiger partial charge in [0.25, 0.3) is 0 Å². The number of aryl methyl sites for hydroxylation is 1. The molecule has 2 aromatic carbocycles. The Kier molecular flexibility index (Phi) is 4.30. The Morgan fingerprint density at radius 3 is 2.58 bits per heavy atom. The highest BCUT2D eigenvalue weighted by molar-refractivity contribution is 7.80. The summed E-state index contributed by atoms with van der Waals surface area (Å²) in [6.07, 6.45) is 0. The molecule has 0 atom stereocenters. The molecule has 0 saturated heterocycles. The van der Waals surface area contributed by atoms with Crippen LogP contribution in [0.1, 0.15) is 11.1 Å². The molecule has 0 aliphatic rings. The summed E-state index contributed by atoms with van der Waals surface area (Å²) >= 11 is 17.1. The summed E-state index contributed by atoms with van der Waals surface area (Å²) in [4.78, 5) is 0.275. The zero-order valence-corrected chi connectivity index (χ0v) is 12.4. The van der Waals surface area contributed by atoms with Crippen molar-refractivity contribution >= 4 is 40.4 Å². The number of rotatable bonds is 3. The lowest BCUT2D eigenvalue weighted by molar-refractivity contribution is 0.482. The SMILES string of the molecule is Cc1ccc(Oc2cccc(Cl)c2Cl)c(C(N)=S)c1. The predicted molar refractivity (Wildman–Crippen MR) is 83.6 cm³/mol. The lowest BCUT2D eigenvalue weighted by Gasteiger charge is -2.12. The Hall–Kier alpha value is -1.29. The van der Waals surface area contributed by atoms with E-state index in [0.29, 0.717) is 27.1 Å². The molecule has 0 radical (unpaired) electrons. The van der Waals surface area contributed by atoms with Gasteiger partial charge in [-0.3, -0.25) is 0 Å². The van der Waals surface area contributed by atoms with Gasteiger partial charge in [-0.2, -0.15) is 0 Å². The quantitative estimate of drug-likeness (QED) is 0.832. The fourth-order valence-electron chi connectivity index (χ4n) is 1.61. The molecule has 5 heteroatoms. The molecular formula is C14H11Cl2NOS. The summed E-state index contributed by atoms with van der Waals surface area (Å²) in [5.41, 5.74) is 7.42. The van der Waals surface area contributed by atoms with Crippen molar-refractivity contribution in [1.82, 2.24) is 0 Å². The average molecular weight is 312 g/mol. The van der Waals surface area contributed by atoms with Crippen molar-refractivity contribution in [2.75, 3.05) is 0 Å². The number of nitrogens with two attached hydrogens (primary N) is 1. The van der Waals surface area contributed by atoms with Gasteiger partial charge in [0.15, 0.2) is 0 Å². The van der Waals surface area contributed by atoms with Crippen LogP contribution < -0.4 is 10.5 Å². The van der Waals surface area contributed by atoms with Crippen LogP contribution in [0, 0.1) is 6.92 Å². The summed E-state index contributed by atoms with van der Waals surface area (Å²) in [5.74, 6) is 1.03. The Balaban J connectivity index is 2.44. The minimum Gasteiger partial charge on any atom is -0.455 e. The van der Waals surface area contributed by atoms with Crippen molar-refractivity contribution in [2.24, 2.45) is 5.73 Å². The van der Waals surface area contributed by atoms with Gasteiger partial charge >= 0.3 is 0 Å². The zero-order chi connectivity index (χ0) is 14.0. The normalized spacial score (nSPS) is 10.3. The van der Waals surface area contributed by atoms with Crippen LogP contribution in [0.2, 0.25) is 10.0 Å². The number of thiocarbonyl (C=S) groups is 1. The van der Waals surface area contributed by atoms with Gasteiger partial charge < -0.3 is 10.5 Å². The van der Waals surface area contributed by atoms with Gasteiger partial charge in [-0.25, -0.2) is 0 Å². The number of halogens is 2. The van der Waals surface area contributed by atoms with Crippen LogP contribution in [0.25, 0.3) is 0 Å². The first-order chi connectivity index (χ1) is 8.99. The van der Waals surface area contributed by atoms with Crippen molar-refractivity contribution in [1.29, 1.82) is 0 Å². The van der Waals surface area contributed by atoms with Crippen LogP contribution in [0.15, 0.2) is 36.4 Å². The topological polar surface area (TPSA) is 35.2 Å². The molecule has 2 aromatic rings. The van der Waals surface area contributed by atoms with E-state index in [1.807, 2.05) is 19.1 Å². The zero-order valence-electron chi connectivity index (χ0n) is 10.1. The molecule has 2 nitrogen and oxygen atoms in total. The summed E-state index contributed by atoms with van der Waals surface area (Å²) in [6, 6.07) is 10.8. The molecule has 0 aliphatic carbocycles. The number of hydrogen-bond donors (Lipinski definition) is 1. The minimum absolute atomic E-state index is 0.275. The van der Waals surface area contributed by atoms with Gasteiger partial charge in [-0.15, -0.1) is 0 Å². The van der Waals surface area contributed by atoms with Crippen molar-refractivity contribution in [3.05, 3.63) is 57.6 Å². The van der Waals surface area contributed by atoms with E-state index in [-0.39, 0.29) is 4.99 Å². The molecule has 0 unspecified atom stereocenters. The van der Waals surface area contributed by atoms with Crippen LogP contribution >= 0.6 is 35.4 Å². The Morgan fingerprint density at radius 1 is 1.16 bits per heavy atom. The molecule has 98 valence electrons. The Bertz CT molecular complexity index is 643. The molecule has 0 aliphatic heterocycles. The van der Waals surface area contributed by atoms with E-state index in [9.17, 15) is 0 Å². The Labute approximate surface area is 127 Å². The summed E-state index contributed by atoms with van der Waals surface area (Å²) in [7, 11) is 0. The first-order valence-electron chi connectivity index (χ1n) is 5.51. The van der Waals surface area contributed by atoms with Gasteiger partial charge in [-0.05, 0) is 31.2 Å². The highest BCUT2D eigenvalue weighted by Crippen LogP contribution is 2.35. The lowest BCUT2D eigenvalue weighted by atomic mass is 10.1. The molecule has 0 heterocycles. The van der Waals surface area contributed by atoms with Crippen LogP contribution in [0.4, 0.5) is 0 Å². The lowest BCUT2D eigenvalue weighted by Crippen LogP contribution is -2.11. The first kappa shape index (κ1) is 14.1. The summed E-state index contributed by atoms with van der Waals surface area (Å²) in [6.45, 7) is 1.96. The van der Waals surface area contributed by atoms with Gasteiger partial charge in [0.2, 0.25) is 0 Å². The monoisotopic (exact) mass is 311 g/mol. The van der Waals surface area contributed by atoms with Crippen LogP contribution in [-0.4, -0.2) is 4.99 Å². The van der Waals surface area contributed by atoms with Crippen LogP contribution in [0.3, 0.4) is 0 Å². The van der Waals surface area contributed by atoms with E-state index in [2.05, 4.69) is 0 Å². The van der Waals surface area contributed by atoms with Crippen molar-refractivity contribution in [3.63, 3.8) is 0 Å². The molecule has 2 rings (SSSR count). The van der Waals surface area contributed by atoms with E-state index in [1.54, 1.807) is 24.3 Å². The van der Waals surface area contributed by atoms with Gasteiger partial charge in [0.05, 0.1) is 10.6 Å². The number of benzene rings is 2. The third-order valence-electron chi connectivity index (χ3n) is 2.54. The van der Waals surface area contributed by atoms with Crippen molar-refractivity contribution in [2.45, 2.75) is 6.92 Å². The second-order valence-electron chi connectivity index (χ2n) is 4.02. The molecule has 0 amide bonds. The van der Waals surface area contributed by atoms with Crippen molar-refractivity contribution in [3.8, 4) is 11.5 Å². The highest BCUT2D eigenvalue weighted by Gasteiger charge is 2.11.